The highest BCUT2D eigenvalue weighted by molar-refractivity contribution is 9.11. The number of halogens is 2. The lowest BCUT2D eigenvalue weighted by molar-refractivity contribution is -0.139. The molecule has 3 N–H and O–H groups in total. The number of fused-ring (bicyclic) bond motifs is 1. The van der Waals surface area contributed by atoms with Gasteiger partial charge in [0.25, 0.3) is 0 Å². The maximum Gasteiger partial charge on any atom is 0.355 e. The Morgan fingerprint density at radius 3 is 2.44 bits per heavy atom. The minimum Gasteiger partial charge on any atom is -0.466 e. The van der Waals surface area contributed by atoms with Crippen molar-refractivity contribution in [1.29, 1.82) is 5.26 Å². The first-order valence-corrected chi connectivity index (χ1v) is 11.4. The molecule has 0 fully saturated rings. The van der Waals surface area contributed by atoms with Crippen LogP contribution in [0.5, 0.6) is 0 Å². The first-order valence-electron chi connectivity index (χ1n) is 9.82. The molecule has 0 spiro atoms. The smallest absolute Gasteiger partial charge is 0.355 e. The molecule has 0 saturated carbocycles. The van der Waals surface area contributed by atoms with Gasteiger partial charge in [-0.3, -0.25) is 10.00 Å². The lowest BCUT2D eigenvalue weighted by atomic mass is 9.81. The summed E-state index contributed by atoms with van der Waals surface area (Å²) in [5, 5.41) is 17.7. The molecule has 1 atom stereocenters. The quantitative estimate of drug-likeness (QED) is 0.438. The first-order chi connectivity index (χ1) is 16.3. The second kappa shape index (κ2) is 9.32. The summed E-state index contributed by atoms with van der Waals surface area (Å²) in [5.74, 6) is -2.60. The fourth-order valence-corrected chi connectivity index (χ4v) is 5.46. The number of carbonyl (C=O) groups excluding carboxylic acids is 2. The standard InChI is InChI=1S/C23H17Br2N5O4/c1-33-22(31)17-16(11-6-4-3-5-7-11)12(9-26)21(27)30(20(17)23(32)34-2)19-13-10-28-29-18(13)14(24)8-15(19)25/h3-8,10,16H,27H2,1-2H3,(H,28,29). The molecule has 0 saturated heterocycles. The SMILES string of the molecule is COC(=O)C1=C(C(=O)OC)N(c2c(Br)cc(Br)c3[nH]ncc23)C(N)=C(C#N)C1c1ccccc1. The number of H-pyrrole nitrogens is 1. The van der Waals surface area contributed by atoms with Gasteiger partial charge in [-0.2, -0.15) is 10.4 Å². The van der Waals surface area contributed by atoms with Gasteiger partial charge in [-0.15, -0.1) is 0 Å². The molecule has 2 aromatic carbocycles. The van der Waals surface area contributed by atoms with E-state index >= 15 is 0 Å². The van der Waals surface area contributed by atoms with Crippen molar-refractivity contribution in [2.24, 2.45) is 5.73 Å². The zero-order chi connectivity index (χ0) is 24.6. The van der Waals surface area contributed by atoms with Gasteiger partial charge >= 0.3 is 11.9 Å². The monoisotopic (exact) mass is 585 g/mol. The number of hydrogen-bond donors (Lipinski definition) is 2. The Bertz CT molecular complexity index is 1420. The van der Waals surface area contributed by atoms with E-state index < -0.39 is 17.9 Å². The van der Waals surface area contributed by atoms with E-state index in [-0.39, 0.29) is 22.7 Å². The highest BCUT2D eigenvalue weighted by Gasteiger charge is 2.44. The number of nitrogens with two attached hydrogens (primary N) is 1. The average Bonchev–Trinajstić information content (AvgIpc) is 3.34. The molecule has 2 heterocycles. The van der Waals surface area contributed by atoms with E-state index in [1.807, 2.05) is 0 Å². The molecule has 0 bridgehead atoms. The van der Waals surface area contributed by atoms with Crippen LogP contribution in [0.4, 0.5) is 5.69 Å². The number of methoxy groups -OCH3 is 2. The number of aromatic nitrogens is 2. The molecule has 0 aliphatic carbocycles. The number of allylic oxidation sites excluding steroid dienone is 1. The van der Waals surface area contributed by atoms with Crippen molar-refractivity contribution in [3.05, 3.63) is 79.8 Å². The predicted octanol–water partition coefficient (Wildman–Crippen LogP) is 3.99. The minimum atomic E-state index is -0.946. The van der Waals surface area contributed by atoms with Crippen LogP contribution in [0.1, 0.15) is 11.5 Å². The first kappa shape index (κ1) is 23.5. The second-order valence-corrected chi connectivity index (χ2v) is 8.89. The summed E-state index contributed by atoms with van der Waals surface area (Å²) < 4.78 is 11.4. The van der Waals surface area contributed by atoms with Gasteiger partial charge in [0, 0.05) is 14.3 Å². The molecule has 9 nitrogen and oxygen atoms in total. The Morgan fingerprint density at radius 1 is 1.15 bits per heavy atom. The molecule has 0 amide bonds. The van der Waals surface area contributed by atoms with Crippen LogP contribution in [-0.2, 0) is 19.1 Å². The van der Waals surface area contributed by atoms with Gasteiger partial charge in [0.05, 0.1) is 54.8 Å². The molecule has 11 heteroatoms. The number of rotatable bonds is 4. The number of esters is 2. The normalized spacial score (nSPS) is 16.0. The maximum atomic E-state index is 13.2. The minimum absolute atomic E-state index is 0.0325. The molecule has 1 aliphatic rings. The van der Waals surface area contributed by atoms with Gasteiger partial charge in [0.15, 0.2) is 0 Å². The van der Waals surface area contributed by atoms with E-state index in [0.717, 1.165) is 0 Å². The molecule has 1 aliphatic heterocycles. The van der Waals surface area contributed by atoms with Gasteiger partial charge in [-0.1, -0.05) is 30.3 Å². The van der Waals surface area contributed by atoms with Crippen LogP contribution in [0, 0.1) is 11.3 Å². The highest BCUT2D eigenvalue weighted by Crippen LogP contribution is 2.47. The molecular weight excluding hydrogens is 570 g/mol. The third-order valence-corrected chi connectivity index (χ3v) is 6.68. The lowest BCUT2D eigenvalue weighted by Gasteiger charge is -2.36. The number of nitrogens with zero attached hydrogens (tertiary/aromatic N) is 3. The number of anilines is 1. The highest BCUT2D eigenvalue weighted by atomic mass is 79.9. The van der Waals surface area contributed by atoms with E-state index in [1.54, 1.807) is 42.6 Å². The number of benzene rings is 2. The Hall–Kier alpha value is -3.62. The van der Waals surface area contributed by atoms with Crippen LogP contribution in [0.25, 0.3) is 10.9 Å². The van der Waals surface area contributed by atoms with Crippen LogP contribution in [-0.4, -0.2) is 36.4 Å². The third kappa shape index (κ3) is 3.65. The van der Waals surface area contributed by atoms with Crippen molar-refractivity contribution in [2.75, 3.05) is 19.1 Å². The van der Waals surface area contributed by atoms with E-state index in [9.17, 15) is 14.9 Å². The van der Waals surface area contributed by atoms with Crippen molar-refractivity contribution >= 4 is 60.4 Å². The Morgan fingerprint density at radius 2 is 1.82 bits per heavy atom. The zero-order valence-corrected chi connectivity index (χ0v) is 21.1. The summed E-state index contributed by atoms with van der Waals surface area (Å²) in [6.07, 6.45) is 1.55. The summed E-state index contributed by atoms with van der Waals surface area (Å²) in [6.45, 7) is 0. The van der Waals surface area contributed by atoms with Crippen LogP contribution < -0.4 is 10.6 Å². The van der Waals surface area contributed by atoms with Crippen molar-refractivity contribution in [3.63, 3.8) is 0 Å². The predicted molar refractivity (Wildman–Crippen MR) is 131 cm³/mol. The van der Waals surface area contributed by atoms with Gasteiger partial charge < -0.3 is 15.2 Å². The average molecular weight is 587 g/mol. The van der Waals surface area contributed by atoms with Crippen LogP contribution in [0.3, 0.4) is 0 Å². The Balaban J connectivity index is 2.16. The van der Waals surface area contributed by atoms with Crippen molar-refractivity contribution in [1.82, 2.24) is 10.2 Å². The number of aromatic amines is 1. The van der Waals surface area contributed by atoms with Crippen LogP contribution in [0.15, 0.2) is 74.2 Å². The van der Waals surface area contributed by atoms with Gasteiger partial charge in [0.2, 0.25) is 0 Å². The third-order valence-electron chi connectivity index (χ3n) is 5.45. The summed E-state index contributed by atoms with van der Waals surface area (Å²) >= 11 is 7.00. The Kier molecular flexibility index (Phi) is 6.45. The second-order valence-electron chi connectivity index (χ2n) is 7.18. The van der Waals surface area contributed by atoms with Crippen LogP contribution in [0.2, 0.25) is 0 Å². The van der Waals surface area contributed by atoms with E-state index in [1.165, 1.54) is 19.1 Å². The topological polar surface area (TPSA) is 134 Å². The molecule has 3 aromatic rings. The number of nitriles is 1. The molecule has 34 heavy (non-hydrogen) atoms. The fraction of sp³-hybridized carbons (Fsp3) is 0.130. The molecule has 1 unspecified atom stereocenters. The summed E-state index contributed by atoms with van der Waals surface area (Å²) in [7, 11) is 2.40. The van der Waals surface area contributed by atoms with Crippen molar-refractivity contribution in [3.8, 4) is 6.07 Å². The number of nitrogens with one attached hydrogen (secondary N) is 1. The zero-order valence-electron chi connectivity index (χ0n) is 17.9. The Labute approximate surface area is 211 Å². The van der Waals surface area contributed by atoms with E-state index in [0.29, 0.717) is 31.1 Å². The largest absolute Gasteiger partial charge is 0.466 e. The van der Waals surface area contributed by atoms with Crippen molar-refractivity contribution < 1.29 is 19.1 Å². The molecule has 0 radical (unpaired) electrons. The number of carbonyl (C=O) groups is 2. The maximum absolute atomic E-state index is 13.2. The fourth-order valence-electron chi connectivity index (χ4n) is 4.00. The van der Waals surface area contributed by atoms with Gasteiger partial charge in [-0.25, -0.2) is 9.59 Å². The number of ether oxygens (including phenoxy) is 2. The molecule has 1 aromatic heterocycles. The number of hydrogen-bond acceptors (Lipinski definition) is 8. The molecule has 172 valence electrons. The van der Waals surface area contributed by atoms with Gasteiger partial charge in [-0.05, 0) is 43.5 Å². The van der Waals surface area contributed by atoms with E-state index in [2.05, 4.69) is 48.1 Å². The van der Waals surface area contributed by atoms with Crippen molar-refractivity contribution in [2.45, 2.75) is 5.92 Å². The summed E-state index contributed by atoms with van der Waals surface area (Å²) in [5.41, 5.74) is 8.02. The van der Waals surface area contributed by atoms with E-state index in [4.69, 9.17) is 15.2 Å². The summed E-state index contributed by atoms with van der Waals surface area (Å²) in [4.78, 5) is 27.7. The summed E-state index contributed by atoms with van der Waals surface area (Å²) in [6, 6.07) is 12.7. The molecular formula is C23H17Br2N5O4. The van der Waals surface area contributed by atoms with Gasteiger partial charge in [0.1, 0.15) is 11.5 Å². The molecule has 4 rings (SSSR count). The lowest BCUT2D eigenvalue weighted by Crippen LogP contribution is -2.41. The van der Waals surface area contributed by atoms with Crippen LogP contribution >= 0.6 is 31.9 Å².